The van der Waals surface area contributed by atoms with Gasteiger partial charge in [-0.1, -0.05) is 48.5 Å². The van der Waals surface area contributed by atoms with Crippen LogP contribution in [0.4, 0.5) is 0 Å². The number of methoxy groups -OCH3 is 5. The number of hydrogen-bond acceptors (Lipinski definition) is 13. The monoisotopic (exact) mass is 931 g/mol. The van der Waals surface area contributed by atoms with Crippen LogP contribution in [0.5, 0.6) is 23.0 Å². The number of likely N-dealkylation sites (N-methyl/N-ethyl adjacent to an activating group) is 1. The van der Waals surface area contributed by atoms with Crippen LogP contribution in [0, 0.1) is 0 Å². The quantitative estimate of drug-likeness (QED) is 0.0776. The Morgan fingerprint density at radius 3 is 1.17 bits per heavy atom. The van der Waals surface area contributed by atoms with Gasteiger partial charge in [0.2, 0.25) is 0 Å². The van der Waals surface area contributed by atoms with Gasteiger partial charge in [-0.15, -0.1) is 0 Å². The van der Waals surface area contributed by atoms with E-state index < -0.39 is 20.0 Å². The van der Waals surface area contributed by atoms with Crippen LogP contribution in [-0.2, 0) is 71.6 Å². The molecule has 65 heavy (non-hydrogen) atoms. The van der Waals surface area contributed by atoms with Gasteiger partial charge in [-0.3, -0.25) is 19.1 Å². The number of aromatic nitrogens is 4. The third-order valence-electron chi connectivity index (χ3n) is 10.4. The minimum atomic E-state index is -3.96. The highest BCUT2D eigenvalue weighted by atomic mass is 32.2. The maximum atomic E-state index is 13.8. The minimum absolute atomic E-state index is 0.0252. The lowest BCUT2D eigenvalue weighted by atomic mass is 10.2. The van der Waals surface area contributed by atoms with Crippen LogP contribution in [0.2, 0.25) is 0 Å². The molecule has 6 aromatic rings. The first-order chi connectivity index (χ1) is 31.1. The highest BCUT2D eigenvalue weighted by molar-refractivity contribution is 7.89. The van der Waals surface area contributed by atoms with Crippen LogP contribution in [-0.4, -0.2) is 112 Å². The highest BCUT2D eigenvalue weighted by Gasteiger charge is 2.30. The molecule has 19 heteroatoms. The number of aldehydes is 1. The molecule has 4 aromatic carbocycles. The fraction of sp³-hybridized carbons (Fsp3) is 0.326. The molecule has 0 aliphatic heterocycles. The molecule has 17 nitrogen and oxygen atoms in total. The summed E-state index contributed by atoms with van der Waals surface area (Å²) in [6.07, 6.45) is 0.573. The first-order valence-electron chi connectivity index (χ1n) is 20.4. The van der Waals surface area contributed by atoms with Gasteiger partial charge < -0.3 is 23.7 Å². The second-order valence-corrected chi connectivity index (χ2v) is 18.7. The van der Waals surface area contributed by atoms with Gasteiger partial charge >= 0.3 is 0 Å². The standard InChI is InChI=1S/C25H34N4O5S.C21H23N3O5S/c1-27(14-15-32-3)19-22-16-25(26-28(22)2)35(30,31)29(17-20-6-10-23(33-4)11-7-20)18-21-8-12-24(34-5)13-9-21;1-23-18(15-25)12-21(22-23)30(26,27)24(13-16-4-8-19(28-2)9-5-16)14-17-6-10-20(29-3)11-7-17/h6-13,16H,14-15,17-19H2,1-5H3;4-12,15H,13-14H2,1-3H3. The molecule has 0 spiro atoms. The van der Waals surface area contributed by atoms with Crippen molar-refractivity contribution in [3.8, 4) is 23.0 Å². The molecule has 0 N–H and O–H groups in total. The Labute approximate surface area is 381 Å². The highest BCUT2D eigenvalue weighted by Crippen LogP contribution is 2.25. The van der Waals surface area contributed by atoms with Gasteiger partial charge in [-0.2, -0.15) is 18.8 Å². The number of hydrogen-bond donors (Lipinski definition) is 0. The van der Waals surface area contributed by atoms with E-state index >= 15 is 0 Å². The maximum absolute atomic E-state index is 13.8. The molecule has 0 atom stereocenters. The van der Waals surface area contributed by atoms with Crippen molar-refractivity contribution in [3.05, 3.63) is 143 Å². The summed E-state index contributed by atoms with van der Waals surface area (Å²) < 4.78 is 85.8. The third-order valence-corrected chi connectivity index (χ3v) is 13.7. The molecule has 0 unspecified atom stereocenters. The van der Waals surface area contributed by atoms with Gasteiger partial charge in [0.1, 0.15) is 28.7 Å². The predicted octanol–water partition coefficient (Wildman–Crippen LogP) is 5.55. The van der Waals surface area contributed by atoms with Gasteiger partial charge in [0.25, 0.3) is 20.0 Å². The van der Waals surface area contributed by atoms with Crippen molar-refractivity contribution < 1.29 is 45.3 Å². The molecule has 0 saturated heterocycles. The van der Waals surface area contributed by atoms with E-state index in [-0.39, 0.29) is 41.9 Å². The molecule has 0 bridgehead atoms. The number of carbonyl (C=O) groups is 1. The molecule has 0 aliphatic carbocycles. The lowest BCUT2D eigenvalue weighted by Gasteiger charge is -2.21. The smallest absolute Gasteiger partial charge is 0.263 e. The van der Waals surface area contributed by atoms with Crippen molar-refractivity contribution in [3.63, 3.8) is 0 Å². The number of benzene rings is 4. The van der Waals surface area contributed by atoms with E-state index in [4.69, 9.17) is 23.7 Å². The van der Waals surface area contributed by atoms with Crippen molar-refractivity contribution >= 4 is 26.3 Å². The molecule has 6 rings (SSSR count). The second kappa shape index (κ2) is 23.2. The lowest BCUT2D eigenvalue weighted by Crippen LogP contribution is -2.30. The molecule has 2 heterocycles. The van der Waals surface area contributed by atoms with Crippen molar-refractivity contribution in [1.29, 1.82) is 0 Å². The van der Waals surface area contributed by atoms with Crippen LogP contribution in [0.25, 0.3) is 0 Å². The van der Waals surface area contributed by atoms with Crippen molar-refractivity contribution in [2.45, 2.75) is 42.8 Å². The van der Waals surface area contributed by atoms with Crippen molar-refractivity contribution in [1.82, 2.24) is 33.1 Å². The predicted molar refractivity (Wildman–Crippen MR) is 245 cm³/mol. The number of carbonyl (C=O) groups excluding carboxylic acids is 1. The Kier molecular flexibility index (Phi) is 17.8. The summed E-state index contributed by atoms with van der Waals surface area (Å²) in [4.78, 5) is 13.2. The molecule has 0 amide bonds. The maximum Gasteiger partial charge on any atom is 0.263 e. The number of rotatable bonds is 22. The average Bonchev–Trinajstić information content (AvgIpc) is 3.90. The van der Waals surface area contributed by atoms with Crippen LogP contribution < -0.4 is 18.9 Å². The van der Waals surface area contributed by atoms with E-state index in [1.54, 1.807) is 77.6 Å². The zero-order valence-electron chi connectivity index (χ0n) is 37.9. The van der Waals surface area contributed by atoms with Gasteiger partial charge in [0, 0.05) is 72.6 Å². The van der Waals surface area contributed by atoms with Crippen LogP contribution in [0.1, 0.15) is 38.4 Å². The summed E-state index contributed by atoms with van der Waals surface area (Å²) in [5.74, 6) is 2.79. The number of ether oxygens (including phenoxy) is 5. The zero-order chi connectivity index (χ0) is 47.1. The van der Waals surface area contributed by atoms with Crippen LogP contribution in [0.15, 0.2) is 119 Å². The number of nitrogens with zero attached hydrogens (tertiary/aromatic N) is 7. The lowest BCUT2D eigenvalue weighted by molar-refractivity contribution is 0.111. The summed E-state index contributed by atoms with van der Waals surface area (Å²) >= 11 is 0. The van der Waals surface area contributed by atoms with Crippen molar-refractivity contribution in [2.75, 3.05) is 55.7 Å². The number of aryl methyl sites for hydroxylation is 2. The van der Waals surface area contributed by atoms with Gasteiger partial charge in [-0.25, -0.2) is 16.8 Å². The fourth-order valence-corrected chi connectivity index (χ4v) is 9.31. The molecular formula is C46H57N7O10S2. The van der Waals surface area contributed by atoms with E-state index in [9.17, 15) is 21.6 Å². The Bertz CT molecular complexity index is 2560. The number of sulfonamides is 2. The largest absolute Gasteiger partial charge is 0.497 e. The molecule has 0 fully saturated rings. The van der Waals surface area contributed by atoms with E-state index in [1.165, 1.54) is 26.4 Å². The van der Waals surface area contributed by atoms with Crippen LogP contribution >= 0.6 is 0 Å². The van der Waals surface area contributed by atoms with Gasteiger partial charge in [0.15, 0.2) is 16.3 Å². The molecular weight excluding hydrogens is 875 g/mol. The van der Waals surface area contributed by atoms with E-state index in [1.807, 2.05) is 79.8 Å². The first kappa shape index (κ1) is 49.9. The molecule has 348 valence electrons. The average molecular weight is 932 g/mol. The SMILES string of the molecule is COCCN(C)Cc1cc(S(=O)(=O)N(Cc2ccc(OC)cc2)Cc2ccc(OC)cc2)nn1C.COc1ccc(CN(Cc2ccc(OC)cc2)S(=O)(=O)c2cc(C=O)n(C)n2)cc1. The summed E-state index contributed by atoms with van der Waals surface area (Å²) in [5, 5.41) is 8.24. The van der Waals surface area contributed by atoms with Crippen LogP contribution in [0.3, 0.4) is 0 Å². The Morgan fingerprint density at radius 2 is 0.862 bits per heavy atom. The summed E-state index contributed by atoms with van der Waals surface area (Å²) in [7, 11) is 5.39. The van der Waals surface area contributed by atoms with E-state index in [0.29, 0.717) is 42.4 Å². The van der Waals surface area contributed by atoms with Gasteiger partial charge in [-0.05, 0) is 77.8 Å². The Balaban J connectivity index is 0.000000247. The molecule has 0 saturated carbocycles. The fourth-order valence-electron chi connectivity index (χ4n) is 6.50. The minimum Gasteiger partial charge on any atom is -0.497 e. The first-order valence-corrected chi connectivity index (χ1v) is 23.2. The van der Waals surface area contributed by atoms with Gasteiger partial charge in [0.05, 0.1) is 40.7 Å². The van der Waals surface area contributed by atoms with E-state index in [2.05, 4.69) is 15.1 Å². The van der Waals surface area contributed by atoms with E-state index in [0.717, 1.165) is 34.5 Å². The summed E-state index contributed by atoms with van der Waals surface area (Å²) in [6, 6.07) is 32.0. The van der Waals surface area contributed by atoms with Crippen molar-refractivity contribution in [2.24, 2.45) is 14.1 Å². The second-order valence-electron chi connectivity index (χ2n) is 14.9. The third kappa shape index (κ3) is 13.5. The Hall–Kier alpha value is -6.09. The molecule has 0 aliphatic rings. The zero-order valence-corrected chi connectivity index (χ0v) is 39.6. The molecule has 0 radical (unpaired) electrons. The summed E-state index contributed by atoms with van der Waals surface area (Å²) in [6.45, 7) is 2.52. The summed E-state index contributed by atoms with van der Waals surface area (Å²) in [5.41, 5.74) is 4.26. The normalized spacial score (nSPS) is 11.7. The topological polar surface area (TPSA) is 177 Å². The Morgan fingerprint density at radius 1 is 0.523 bits per heavy atom. The molecule has 2 aromatic heterocycles.